The Bertz CT molecular complexity index is 754. The van der Waals surface area contributed by atoms with Gasteiger partial charge in [-0.25, -0.2) is 26.3 Å². The van der Waals surface area contributed by atoms with Gasteiger partial charge >= 0.3 is 0 Å². The van der Waals surface area contributed by atoms with Gasteiger partial charge in [-0.2, -0.15) is 0 Å². The molecule has 0 aromatic carbocycles. The number of unbranched alkanes of at least 4 members (excludes halogenated alkanes) is 11. The van der Waals surface area contributed by atoms with Gasteiger partial charge in [0.25, 0.3) is 0 Å². The van der Waals surface area contributed by atoms with Crippen LogP contribution in [0.2, 0.25) is 0 Å². The van der Waals surface area contributed by atoms with E-state index in [1.54, 1.807) is 0 Å². The number of sulfonamides is 2. The monoisotopic (exact) mass is 812 g/mol. The summed E-state index contributed by atoms with van der Waals surface area (Å²) in [5.74, 6) is 0.504. The van der Waals surface area contributed by atoms with Crippen LogP contribution in [0, 0.1) is 0 Å². The Kier molecular flexibility index (Phi) is 53.3. The molecule has 0 aromatic heterocycles. The highest BCUT2D eigenvalue weighted by Crippen LogP contribution is 2.07. The summed E-state index contributed by atoms with van der Waals surface area (Å²) in [5.41, 5.74) is 0. The van der Waals surface area contributed by atoms with Crippen LogP contribution in [-0.2, 0) is 20.0 Å². The lowest BCUT2D eigenvalue weighted by atomic mass is 10.1. The SMILES string of the molecule is CCCCCCCCS(=O)(=O)NCCCNCCCNCCCCNCCCNCCCNS(=O)(=O)CCCCCCCC.Cl.Cl.Cl.Cl. The zero-order valence-corrected chi connectivity index (χ0v) is 35.2. The van der Waals surface area contributed by atoms with Gasteiger partial charge in [0.2, 0.25) is 20.0 Å². The Hall–Kier alpha value is 0.820. The van der Waals surface area contributed by atoms with E-state index in [0.29, 0.717) is 13.1 Å². The smallest absolute Gasteiger partial charge is 0.211 e. The van der Waals surface area contributed by atoms with Crippen molar-refractivity contribution in [3.63, 3.8) is 0 Å². The molecule has 0 aliphatic carbocycles. The molecular formula is C32H76Cl4N6O4S2. The zero-order chi connectivity index (χ0) is 32.5. The molecule has 10 nitrogen and oxygen atoms in total. The maximum absolute atomic E-state index is 12.0. The minimum absolute atomic E-state index is 0. The Labute approximate surface area is 321 Å². The second-order valence-electron chi connectivity index (χ2n) is 12.1. The lowest BCUT2D eigenvalue weighted by Gasteiger charge is -2.09. The Morgan fingerprint density at radius 1 is 0.312 bits per heavy atom. The van der Waals surface area contributed by atoms with Crippen LogP contribution < -0.4 is 30.7 Å². The van der Waals surface area contributed by atoms with Gasteiger partial charge in [0.1, 0.15) is 0 Å². The summed E-state index contributed by atoms with van der Waals surface area (Å²) in [6.45, 7) is 13.0. The Morgan fingerprint density at radius 3 is 0.875 bits per heavy atom. The molecule has 0 saturated heterocycles. The first-order valence-electron chi connectivity index (χ1n) is 18.1. The lowest BCUT2D eigenvalue weighted by Crippen LogP contribution is -2.30. The molecule has 0 aliphatic rings. The molecule has 0 spiro atoms. The van der Waals surface area contributed by atoms with Gasteiger partial charge in [-0.3, -0.25) is 0 Å². The van der Waals surface area contributed by atoms with Crippen molar-refractivity contribution in [3.05, 3.63) is 0 Å². The summed E-state index contributed by atoms with van der Waals surface area (Å²) in [7, 11) is -6.24. The van der Waals surface area contributed by atoms with Crippen LogP contribution in [0.1, 0.15) is 129 Å². The standard InChI is InChI=1S/C32H72N6O4S2.4ClH/c1-3-5-7-9-11-15-31-43(39,40)37-29-19-27-35-25-17-23-33-21-13-14-22-34-24-18-26-36-28-20-30-38-44(41,42)32-16-12-10-8-6-4-2;;;;/h33-38H,3-32H2,1-2H3;4*1H. The number of nitrogens with one attached hydrogen (secondary N) is 6. The zero-order valence-electron chi connectivity index (χ0n) is 30.3. The van der Waals surface area contributed by atoms with E-state index in [4.69, 9.17) is 0 Å². The average molecular weight is 815 g/mol. The van der Waals surface area contributed by atoms with E-state index in [2.05, 4.69) is 44.6 Å². The fourth-order valence-corrected chi connectivity index (χ4v) is 7.22. The molecule has 48 heavy (non-hydrogen) atoms. The number of halogens is 4. The molecule has 0 bridgehead atoms. The average Bonchev–Trinajstić information content (AvgIpc) is 2.99. The van der Waals surface area contributed by atoms with Crippen molar-refractivity contribution in [1.29, 1.82) is 0 Å². The van der Waals surface area contributed by atoms with Crippen LogP contribution in [0.3, 0.4) is 0 Å². The van der Waals surface area contributed by atoms with E-state index < -0.39 is 20.0 Å². The van der Waals surface area contributed by atoms with Gasteiger partial charge in [-0.1, -0.05) is 78.1 Å². The first-order valence-corrected chi connectivity index (χ1v) is 21.4. The number of hydrogen-bond donors (Lipinski definition) is 6. The van der Waals surface area contributed by atoms with Crippen LogP contribution in [0.4, 0.5) is 0 Å². The Morgan fingerprint density at radius 2 is 0.562 bits per heavy atom. The summed E-state index contributed by atoms with van der Waals surface area (Å²) >= 11 is 0. The summed E-state index contributed by atoms with van der Waals surface area (Å²) in [4.78, 5) is 0. The first kappa shape index (κ1) is 58.1. The van der Waals surface area contributed by atoms with E-state index in [-0.39, 0.29) is 61.1 Å². The minimum atomic E-state index is -3.12. The van der Waals surface area contributed by atoms with Crippen LogP contribution in [0.5, 0.6) is 0 Å². The van der Waals surface area contributed by atoms with Crippen LogP contribution in [0.15, 0.2) is 0 Å². The van der Waals surface area contributed by atoms with Gasteiger partial charge in [0.05, 0.1) is 11.5 Å². The predicted molar refractivity (Wildman–Crippen MR) is 219 cm³/mol. The highest BCUT2D eigenvalue weighted by Gasteiger charge is 2.09. The third-order valence-electron chi connectivity index (χ3n) is 7.61. The third-order valence-corrected chi connectivity index (χ3v) is 10.5. The van der Waals surface area contributed by atoms with Crippen molar-refractivity contribution in [3.8, 4) is 0 Å². The lowest BCUT2D eigenvalue weighted by molar-refractivity contribution is 0.540. The minimum Gasteiger partial charge on any atom is -0.317 e. The molecule has 0 rings (SSSR count). The van der Waals surface area contributed by atoms with Crippen molar-refractivity contribution in [2.45, 2.75) is 129 Å². The van der Waals surface area contributed by atoms with Gasteiger partial charge in [-0.05, 0) is 104 Å². The largest absolute Gasteiger partial charge is 0.317 e. The van der Waals surface area contributed by atoms with Crippen LogP contribution in [0.25, 0.3) is 0 Å². The topological polar surface area (TPSA) is 140 Å². The summed E-state index contributed by atoms with van der Waals surface area (Å²) < 4.78 is 53.6. The molecule has 0 unspecified atom stereocenters. The molecule has 0 heterocycles. The summed E-state index contributed by atoms with van der Waals surface area (Å²) in [6, 6.07) is 0. The highest BCUT2D eigenvalue weighted by molar-refractivity contribution is 7.89. The molecule has 0 fully saturated rings. The van der Waals surface area contributed by atoms with E-state index >= 15 is 0 Å². The third kappa shape index (κ3) is 46.8. The molecule has 0 amide bonds. The molecule has 0 atom stereocenters. The van der Waals surface area contributed by atoms with Gasteiger partial charge in [0, 0.05) is 13.1 Å². The maximum Gasteiger partial charge on any atom is 0.211 e. The molecule has 0 aromatic rings. The summed E-state index contributed by atoms with van der Waals surface area (Å²) in [5, 5.41) is 13.8. The quantitative estimate of drug-likeness (QED) is 0.0425. The molecule has 16 heteroatoms. The first-order chi connectivity index (χ1) is 21.3. The fraction of sp³-hybridized carbons (Fsp3) is 1.00. The van der Waals surface area contributed by atoms with Gasteiger partial charge in [-0.15, -0.1) is 49.6 Å². The van der Waals surface area contributed by atoms with Crippen LogP contribution >= 0.6 is 49.6 Å². The second-order valence-corrected chi connectivity index (χ2v) is 15.9. The normalized spacial score (nSPS) is 11.3. The van der Waals surface area contributed by atoms with Gasteiger partial charge in [0.15, 0.2) is 0 Å². The number of hydrogen-bond acceptors (Lipinski definition) is 8. The molecule has 298 valence electrons. The summed E-state index contributed by atoms with van der Waals surface area (Å²) in [6.07, 6.45) is 19.2. The van der Waals surface area contributed by atoms with Crippen molar-refractivity contribution in [1.82, 2.24) is 30.7 Å². The van der Waals surface area contributed by atoms with E-state index in [1.807, 2.05) is 0 Å². The maximum atomic E-state index is 12.0. The molecule has 0 radical (unpaired) electrons. The predicted octanol–water partition coefficient (Wildman–Crippen LogP) is 5.93. The van der Waals surface area contributed by atoms with Crippen molar-refractivity contribution in [2.24, 2.45) is 0 Å². The molecule has 0 saturated carbocycles. The molecule has 0 aliphatic heterocycles. The van der Waals surface area contributed by atoms with E-state index in [1.165, 1.54) is 38.5 Å². The fourth-order valence-electron chi connectivity index (χ4n) is 4.85. The molecule has 6 N–H and O–H groups in total. The van der Waals surface area contributed by atoms with E-state index in [9.17, 15) is 16.8 Å². The van der Waals surface area contributed by atoms with Crippen molar-refractivity contribution < 1.29 is 16.8 Å². The number of rotatable bonds is 37. The second kappa shape index (κ2) is 44.0. The van der Waals surface area contributed by atoms with Crippen molar-refractivity contribution >= 4 is 69.7 Å². The van der Waals surface area contributed by atoms with E-state index in [0.717, 1.165) is 129 Å². The van der Waals surface area contributed by atoms with Gasteiger partial charge < -0.3 is 21.3 Å². The molecular weight excluding hydrogens is 738 g/mol. The Balaban J connectivity index is -0.00000154. The highest BCUT2D eigenvalue weighted by atomic mass is 35.5. The van der Waals surface area contributed by atoms with Crippen molar-refractivity contribution in [2.75, 3.05) is 77.0 Å². The van der Waals surface area contributed by atoms with Crippen LogP contribution in [-0.4, -0.2) is 93.8 Å².